The number of nitrogens with zero attached hydrogens (tertiary/aromatic N) is 2. The van der Waals surface area contributed by atoms with E-state index in [0.717, 1.165) is 4.90 Å². The van der Waals surface area contributed by atoms with Crippen LogP contribution in [0.1, 0.15) is 43.8 Å². The van der Waals surface area contributed by atoms with Crippen LogP contribution in [-0.4, -0.2) is 53.7 Å². The van der Waals surface area contributed by atoms with Gasteiger partial charge in [-0.2, -0.15) is 0 Å². The molecule has 27 heavy (non-hydrogen) atoms. The van der Waals surface area contributed by atoms with Gasteiger partial charge in [-0.25, -0.2) is 4.79 Å². The number of amides is 3. The normalized spacial score (nSPS) is 14.1. The van der Waals surface area contributed by atoms with Crippen molar-refractivity contribution in [3.63, 3.8) is 0 Å². The number of imide groups is 1. The van der Waals surface area contributed by atoms with Crippen molar-refractivity contribution in [2.45, 2.75) is 19.6 Å². The molecule has 140 valence electrons. The van der Waals surface area contributed by atoms with Crippen molar-refractivity contribution in [2.75, 3.05) is 14.1 Å². The highest BCUT2D eigenvalue weighted by molar-refractivity contribution is 6.21. The van der Waals surface area contributed by atoms with Crippen molar-refractivity contribution >= 4 is 23.7 Å². The quantitative estimate of drug-likeness (QED) is 0.587. The van der Waals surface area contributed by atoms with Crippen molar-refractivity contribution < 1.29 is 28.3 Å². The second kappa shape index (κ2) is 7.06. The van der Waals surface area contributed by atoms with Crippen LogP contribution in [0, 0.1) is 0 Å². The molecule has 0 radical (unpaired) electrons. The van der Waals surface area contributed by atoms with Gasteiger partial charge in [0.1, 0.15) is 5.76 Å². The molecule has 1 aromatic carbocycles. The highest BCUT2D eigenvalue weighted by Crippen LogP contribution is 2.26. The van der Waals surface area contributed by atoms with Crippen LogP contribution in [0.25, 0.3) is 0 Å². The molecular weight excluding hydrogens is 352 g/mol. The molecule has 1 aliphatic rings. The van der Waals surface area contributed by atoms with Gasteiger partial charge in [0.15, 0.2) is 6.10 Å². The Bertz CT molecular complexity index is 916. The molecule has 2 heterocycles. The lowest BCUT2D eigenvalue weighted by Gasteiger charge is -2.17. The summed E-state index contributed by atoms with van der Waals surface area (Å²) in [6.45, 7) is 1.47. The fraction of sp³-hybridized carbons (Fsp3) is 0.263. The number of benzene rings is 1. The van der Waals surface area contributed by atoms with Gasteiger partial charge in [-0.15, -0.1) is 0 Å². The first-order valence-electron chi connectivity index (χ1n) is 8.24. The largest absolute Gasteiger partial charge is 0.467 e. The number of carbonyl (C=O) groups is 4. The van der Waals surface area contributed by atoms with E-state index in [4.69, 9.17) is 9.15 Å². The fourth-order valence-corrected chi connectivity index (χ4v) is 2.76. The molecule has 8 heteroatoms. The number of fused-ring (bicyclic) bond motifs is 1. The maximum atomic E-state index is 12.6. The summed E-state index contributed by atoms with van der Waals surface area (Å²) >= 11 is 0. The first-order valence-corrected chi connectivity index (χ1v) is 8.24. The Hall–Kier alpha value is -3.42. The van der Waals surface area contributed by atoms with Gasteiger partial charge >= 0.3 is 5.97 Å². The molecule has 2 aromatic rings. The molecular formula is C19H18N2O6. The minimum absolute atomic E-state index is 0.00744. The van der Waals surface area contributed by atoms with Gasteiger partial charge in [-0.3, -0.25) is 19.3 Å². The zero-order chi connectivity index (χ0) is 19.7. The Labute approximate surface area is 155 Å². The molecule has 0 bridgehead atoms. The van der Waals surface area contributed by atoms with Crippen molar-refractivity contribution in [3.8, 4) is 0 Å². The molecule has 0 saturated carbocycles. The lowest BCUT2D eigenvalue weighted by Crippen LogP contribution is -2.34. The first-order chi connectivity index (χ1) is 12.8. The molecule has 1 aromatic heterocycles. The molecule has 0 spiro atoms. The smallest absolute Gasteiger partial charge is 0.338 e. The van der Waals surface area contributed by atoms with E-state index in [0.29, 0.717) is 5.76 Å². The molecule has 0 saturated heterocycles. The van der Waals surface area contributed by atoms with E-state index < -0.39 is 23.9 Å². The van der Waals surface area contributed by atoms with Crippen molar-refractivity contribution in [3.05, 3.63) is 59.0 Å². The number of hydrogen-bond donors (Lipinski definition) is 0. The van der Waals surface area contributed by atoms with E-state index in [1.807, 2.05) is 0 Å². The lowest BCUT2D eigenvalue weighted by molar-refractivity contribution is -0.137. The van der Waals surface area contributed by atoms with E-state index in [1.165, 1.54) is 36.3 Å². The molecule has 0 aliphatic carbocycles. The number of esters is 1. The maximum Gasteiger partial charge on any atom is 0.338 e. The standard InChI is InChI=1S/C19H18N2O6/c1-11(16(22)20(2)3)27-19(25)12-6-7-14-15(9-12)18(24)21(17(14)23)10-13-5-4-8-26-13/h4-9,11H,10H2,1-3H3/t11-/m1/s1. The van der Waals surface area contributed by atoms with Crippen LogP contribution < -0.4 is 0 Å². The van der Waals surface area contributed by atoms with Crippen LogP contribution in [0.3, 0.4) is 0 Å². The van der Waals surface area contributed by atoms with E-state index in [1.54, 1.807) is 26.2 Å². The Morgan fingerprint density at radius 1 is 1.15 bits per heavy atom. The number of rotatable bonds is 5. The predicted molar refractivity (Wildman–Crippen MR) is 92.9 cm³/mol. The number of likely N-dealkylation sites (N-methyl/N-ethyl adjacent to an activating group) is 1. The van der Waals surface area contributed by atoms with Gasteiger partial charge in [0.25, 0.3) is 17.7 Å². The maximum absolute atomic E-state index is 12.6. The number of hydrogen-bond acceptors (Lipinski definition) is 6. The molecule has 0 N–H and O–H groups in total. The number of carbonyl (C=O) groups excluding carboxylic acids is 4. The summed E-state index contributed by atoms with van der Waals surface area (Å²) in [5.74, 6) is -1.60. The van der Waals surface area contributed by atoms with Gasteiger partial charge in [-0.1, -0.05) is 0 Å². The molecule has 0 fully saturated rings. The van der Waals surface area contributed by atoms with Gasteiger partial charge in [0.05, 0.1) is 29.5 Å². The second-order valence-corrected chi connectivity index (χ2v) is 6.32. The number of ether oxygens (including phenoxy) is 1. The molecule has 1 atom stereocenters. The van der Waals surface area contributed by atoms with Crippen LogP contribution in [0.2, 0.25) is 0 Å². The minimum Gasteiger partial charge on any atom is -0.467 e. The SMILES string of the molecule is C[C@@H](OC(=O)c1ccc2c(c1)C(=O)N(Cc1ccco1)C2=O)C(=O)N(C)C. The topological polar surface area (TPSA) is 97.1 Å². The average Bonchev–Trinajstić information content (AvgIpc) is 3.23. The summed E-state index contributed by atoms with van der Waals surface area (Å²) in [7, 11) is 3.11. The zero-order valence-electron chi connectivity index (χ0n) is 15.1. The monoisotopic (exact) mass is 370 g/mol. The van der Waals surface area contributed by atoms with E-state index in [9.17, 15) is 19.2 Å². The summed E-state index contributed by atoms with van der Waals surface area (Å²) in [5.41, 5.74) is 0.418. The van der Waals surface area contributed by atoms with Crippen molar-refractivity contribution in [1.29, 1.82) is 0 Å². The van der Waals surface area contributed by atoms with Gasteiger partial charge in [-0.05, 0) is 37.3 Å². The molecule has 3 rings (SSSR count). The van der Waals surface area contributed by atoms with E-state index >= 15 is 0 Å². The van der Waals surface area contributed by atoms with Gasteiger partial charge in [0, 0.05) is 14.1 Å². The van der Waals surface area contributed by atoms with E-state index in [-0.39, 0.29) is 29.1 Å². The third-order valence-electron chi connectivity index (χ3n) is 4.17. The lowest BCUT2D eigenvalue weighted by atomic mass is 10.1. The number of furan rings is 1. The summed E-state index contributed by atoms with van der Waals surface area (Å²) < 4.78 is 10.3. The van der Waals surface area contributed by atoms with Crippen molar-refractivity contribution in [1.82, 2.24) is 9.80 Å². The molecule has 1 aliphatic heterocycles. The third-order valence-corrected chi connectivity index (χ3v) is 4.17. The Morgan fingerprint density at radius 2 is 1.85 bits per heavy atom. The molecule has 8 nitrogen and oxygen atoms in total. The first kappa shape index (κ1) is 18.4. The van der Waals surface area contributed by atoms with E-state index in [2.05, 4.69) is 0 Å². The van der Waals surface area contributed by atoms with Crippen LogP contribution in [0.15, 0.2) is 41.0 Å². The van der Waals surface area contributed by atoms with Crippen molar-refractivity contribution in [2.24, 2.45) is 0 Å². The molecule has 3 amide bonds. The summed E-state index contributed by atoms with van der Waals surface area (Å²) in [5, 5.41) is 0. The Balaban J connectivity index is 1.79. The highest BCUT2D eigenvalue weighted by atomic mass is 16.5. The summed E-state index contributed by atoms with van der Waals surface area (Å²) in [6, 6.07) is 7.45. The minimum atomic E-state index is -0.964. The molecule has 0 unspecified atom stereocenters. The summed E-state index contributed by atoms with van der Waals surface area (Å²) in [4.78, 5) is 51.5. The third kappa shape index (κ3) is 3.46. The van der Waals surface area contributed by atoms with Crippen LogP contribution in [0.4, 0.5) is 0 Å². The Morgan fingerprint density at radius 3 is 2.48 bits per heavy atom. The van der Waals surface area contributed by atoms with Crippen LogP contribution >= 0.6 is 0 Å². The highest BCUT2D eigenvalue weighted by Gasteiger charge is 2.36. The fourth-order valence-electron chi connectivity index (χ4n) is 2.76. The summed E-state index contributed by atoms with van der Waals surface area (Å²) in [6.07, 6.45) is 0.492. The van der Waals surface area contributed by atoms with Crippen LogP contribution in [-0.2, 0) is 16.1 Å². The Kier molecular flexibility index (Phi) is 4.81. The average molecular weight is 370 g/mol. The second-order valence-electron chi connectivity index (χ2n) is 6.32. The zero-order valence-corrected chi connectivity index (χ0v) is 15.1. The van der Waals surface area contributed by atoms with Crippen LogP contribution in [0.5, 0.6) is 0 Å². The van der Waals surface area contributed by atoms with Gasteiger partial charge in [0.2, 0.25) is 0 Å². The predicted octanol–water partition coefficient (Wildman–Crippen LogP) is 1.71. The van der Waals surface area contributed by atoms with Gasteiger partial charge < -0.3 is 14.1 Å².